The Morgan fingerprint density at radius 3 is 2.56 bits per heavy atom. The summed E-state index contributed by atoms with van der Waals surface area (Å²) in [5.74, 6) is 0.855. The predicted molar refractivity (Wildman–Crippen MR) is 77.3 cm³/mol. The monoisotopic (exact) mass is 313 g/mol. The Hall–Kier alpha value is -0.740. The number of anilines is 1. The summed E-state index contributed by atoms with van der Waals surface area (Å²) >= 11 is 3.46. The van der Waals surface area contributed by atoms with E-state index in [1.54, 1.807) is 7.11 Å². The highest BCUT2D eigenvalue weighted by Gasteiger charge is 2.24. The van der Waals surface area contributed by atoms with Crippen molar-refractivity contribution < 1.29 is 9.47 Å². The fourth-order valence-corrected chi connectivity index (χ4v) is 2.92. The van der Waals surface area contributed by atoms with Gasteiger partial charge in [0.25, 0.3) is 0 Å². The quantitative estimate of drug-likeness (QED) is 0.920. The average Bonchev–Trinajstić information content (AvgIpc) is 2.30. The number of rotatable bonds is 3. The minimum absolute atomic E-state index is 0.323. The highest BCUT2D eigenvalue weighted by atomic mass is 79.9. The molecule has 0 aliphatic carbocycles. The number of ether oxygens (including phenoxy) is 2. The van der Waals surface area contributed by atoms with Crippen LogP contribution >= 0.6 is 15.9 Å². The van der Waals surface area contributed by atoms with Crippen LogP contribution in [0.5, 0.6) is 5.75 Å². The van der Waals surface area contributed by atoms with Crippen LogP contribution in [0.2, 0.25) is 0 Å². The maximum Gasteiger partial charge on any atom is 0.135 e. The van der Waals surface area contributed by atoms with Crippen molar-refractivity contribution in [1.82, 2.24) is 0 Å². The van der Waals surface area contributed by atoms with Crippen LogP contribution in [0.25, 0.3) is 0 Å². The molecular formula is C14H20BrNO2. The lowest BCUT2D eigenvalue weighted by atomic mass is 9.99. The Balaban J connectivity index is 2.04. The highest BCUT2D eigenvalue weighted by molar-refractivity contribution is 9.10. The second-order valence-electron chi connectivity index (χ2n) is 4.92. The van der Waals surface area contributed by atoms with E-state index in [0.29, 0.717) is 18.2 Å². The molecule has 0 saturated carbocycles. The van der Waals surface area contributed by atoms with E-state index < -0.39 is 0 Å². The van der Waals surface area contributed by atoms with Gasteiger partial charge in [-0.05, 0) is 54.8 Å². The van der Waals surface area contributed by atoms with Crippen molar-refractivity contribution in [3.63, 3.8) is 0 Å². The van der Waals surface area contributed by atoms with E-state index in [1.165, 1.54) is 0 Å². The predicted octanol–water partition coefficient (Wildman–Crippen LogP) is 3.83. The molecule has 1 heterocycles. The van der Waals surface area contributed by atoms with E-state index in [-0.39, 0.29) is 0 Å². The van der Waals surface area contributed by atoms with Crippen LogP contribution in [0.15, 0.2) is 22.7 Å². The van der Waals surface area contributed by atoms with Gasteiger partial charge in [0, 0.05) is 17.8 Å². The summed E-state index contributed by atoms with van der Waals surface area (Å²) in [6, 6.07) is 6.56. The Morgan fingerprint density at radius 1 is 1.28 bits per heavy atom. The van der Waals surface area contributed by atoms with Crippen molar-refractivity contribution >= 4 is 21.6 Å². The SMILES string of the molecule is COc1cc(NC2CC(C)OC(C)C2)ccc1Br. The molecule has 0 aromatic heterocycles. The molecule has 2 unspecified atom stereocenters. The fraction of sp³-hybridized carbons (Fsp3) is 0.571. The van der Waals surface area contributed by atoms with E-state index in [4.69, 9.17) is 9.47 Å². The van der Waals surface area contributed by atoms with Crippen molar-refractivity contribution in [2.45, 2.75) is 44.9 Å². The second-order valence-corrected chi connectivity index (χ2v) is 5.77. The molecule has 0 radical (unpaired) electrons. The Labute approximate surface area is 117 Å². The van der Waals surface area contributed by atoms with E-state index in [9.17, 15) is 0 Å². The number of benzene rings is 1. The third-order valence-corrected chi connectivity index (χ3v) is 3.87. The molecule has 1 aliphatic heterocycles. The third-order valence-electron chi connectivity index (χ3n) is 3.22. The minimum Gasteiger partial charge on any atom is -0.495 e. The number of halogens is 1. The standard InChI is InChI=1S/C14H20BrNO2/c1-9-6-12(7-10(2)18-9)16-11-4-5-13(15)14(8-11)17-3/h4-5,8-10,12,16H,6-7H2,1-3H3. The first-order valence-electron chi connectivity index (χ1n) is 6.34. The summed E-state index contributed by atoms with van der Waals surface area (Å²) in [4.78, 5) is 0. The molecule has 1 saturated heterocycles. The first-order chi connectivity index (χ1) is 8.58. The van der Waals surface area contributed by atoms with Gasteiger partial charge in [-0.15, -0.1) is 0 Å². The van der Waals surface area contributed by atoms with Crippen molar-refractivity contribution in [1.29, 1.82) is 0 Å². The molecule has 4 heteroatoms. The molecule has 1 aromatic rings. The number of methoxy groups -OCH3 is 1. The molecule has 0 bridgehead atoms. The van der Waals surface area contributed by atoms with Gasteiger partial charge in [0.1, 0.15) is 5.75 Å². The molecule has 1 fully saturated rings. The first kappa shape index (κ1) is 13.7. The highest BCUT2D eigenvalue weighted by Crippen LogP contribution is 2.29. The number of hydrogen-bond donors (Lipinski definition) is 1. The molecule has 1 aromatic carbocycles. The maximum absolute atomic E-state index is 5.75. The van der Waals surface area contributed by atoms with E-state index >= 15 is 0 Å². The van der Waals surface area contributed by atoms with Gasteiger partial charge in [-0.2, -0.15) is 0 Å². The summed E-state index contributed by atoms with van der Waals surface area (Å²) in [5, 5.41) is 3.56. The largest absolute Gasteiger partial charge is 0.495 e. The van der Waals surface area contributed by atoms with Gasteiger partial charge in [-0.25, -0.2) is 0 Å². The topological polar surface area (TPSA) is 30.5 Å². The third kappa shape index (κ3) is 3.39. The van der Waals surface area contributed by atoms with Crippen LogP contribution in [0.3, 0.4) is 0 Å². The summed E-state index contributed by atoms with van der Waals surface area (Å²) in [6.45, 7) is 4.26. The van der Waals surface area contributed by atoms with Crippen molar-refractivity contribution in [3.05, 3.63) is 22.7 Å². The van der Waals surface area contributed by atoms with E-state index in [0.717, 1.165) is 28.8 Å². The van der Waals surface area contributed by atoms with Gasteiger partial charge < -0.3 is 14.8 Å². The lowest BCUT2D eigenvalue weighted by Gasteiger charge is -2.33. The Bertz CT molecular complexity index is 401. The normalized spacial score (nSPS) is 27.9. The average molecular weight is 314 g/mol. The first-order valence-corrected chi connectivity index (χ1v) is 7.13. The van der Waals surface area contributed by atoms with Gasteiger partial charge in [0.15, 0.2) is 0 Å². The molecule has 3 nitrogen and oxygen atoms in total. The van der Waals surface area contributed by atoms with Gasteiger partial charge in [-0.1, -0.05) is 0 Å². The van der Waals surface area contributed by atoms with Gasteiger partial charge in [0.05, 0.1) is 23.8 Å². The van der Waals surface area contributed by atoms with Crippen LogP contribution in [0, 0.1) is 0 Å². The molecule has 1 N–H and O–H groups in total. The van der Waals surface area contributed by atoms with Crippen molar-refractivity contribution in [2.24, 2.45) is 0 Å². The smallest absolute Gasteiger partial charge is 0.135 e. The summed E-state index contributed by atoms with van der Waals surface area (Å²) in [5.41, 5.74) is 1.10. The van der Waals surface area contributed by atoms with Gasteiger partial charge in [0.2, 0.25) is 0 Å². The summed E-state index contributed by atoms with van der Waals surface area (Å²) in [7, 11) is 1.68. The molecule has 2 atom stereocenters. The lowest BCUT2D eigenvalue weighted by Crippen LogP contribution is -2.36. The maximum atomic E-state index is 5.75. The lowest BCUT2D eigenvalue weighted by molar-refractivity contribution is -0.0337. The van der Waals surface area contributed by atoms with Crippen molar-refractivity contribution in [2.75, 3.05) is 12.4 Å². The number of hydrogen-bond acceptors (Lipinski definition) is 3. The zero-order valence-electron chi connectivity index (χ0n) is 11.1. The van der Waals surface area contributed by atoms with Crippen LogP contribution in [0.1, 0.15) is 26.7 Å². The molecule has 1 aliphatic rings. The van der Waals surface area contributed by atoms with Crippen LogP contribution in [-0.2, 0) is 4.74 Å². The van der Waals surface area contributed by atoms with E-state index in [2.05, 4.69) is 41.2 Å². The summed E-state index contributed by atoms with van der Waals surface area (Å²) < 4.78 is 12.0. The molecule has 0 amide bonds. The fourth-order valence-electron chi connectivity index (χ4n) is 2.51. The number of nitrogens with one attached hydrogen (secondary N) is 1. The molecule has 0 spiro atoms. The zero-order chi connectivity index (χ0) is 13.1. The van der Waals surface area contributed by atoms with Crippen LogP contribution < -0.4 is 10.1 Å². The van der Waals surface area contributed by atoms with Gasteiger partial charge in [-0.3, -0.25) is 0 Å². The van der Waals surface area contributed by atoms with Crippen molar-refractivity contribution in [3.8, 4) is 5.75 Å². The molecule has 18 heavy (non-hydrogen) atoms. The molecule has 100 valence electrons. The molecule has 2 rings (SSSR count). The zero-order valence-corrected chi connectivity index (χ0v) is 12.7. The van der Waals surface area contributed by atoms with E-state index in [1.807, 2.05) is 12.1 Å². The van der Waals surface area contributed by atoms with Crippen LogP contribution in [-0.4, -0.2) is 25.4 Å². The second kappa shape index (κ2) is 5.93. The minimum atomic E-state index is 0.323. The Morgan fingerprint density at radius 2 is 1.94 bits per heavy atom. The molecular weight excluding hydrogens is 294 g/mol. The summed E-state index contributed by atoms with van der Waals surface area (Å²) in [6.07, 6.45) is 2.73. The Kier molecular flexibility index (Phi) is 4.51. The van der Waals surface area contributed by atoms with Gasteiger partial charge >= 0.3 is 0 Å². The van der Waals surface area contributed by atoms with Crippen LogP contribution in [0.4, 0.5) is 5.69 Å².